The summed E-state index contributed by atoms with van der Waals surface area (Å²) in [6.07, 6.45) is 0.970. The highest BCUT2D eigenvalue weighted by Gasteiger charge is 2.55. The van der Waals surface area contributed by atoms with Crippen LogP contribution in [0.25, 0.3) is 0 Å². The molecule has 0 N–H and O–H groups in total. The molecule has 1 spiro atoms. The van der Waals surface area contributed by atoms with Crippen LogP contribution in [0.2, 0.25) is 19.6 Å². The van der Waals surface area contributed by atoms with Gasteiger partial charge in [-0.3, -0.25) is 9.59 Å². The van der Waals surface area contributed by atoms with E-state index in [2.05, 4.69) is 25.7 Å². The minimum Gasteiger partial charge on any atom is -0.460 e. The predicted molar refractivity (Wildman–Crippen MR) is 145 cm³/mol. The molecule has 0 bridgehead atoms. The molecule has 0 amide bonds. The Bertz CT molecular complexity index is 1060. The van der Waals surface area contributed by atoms with E-state index in [0.29, 0.717) is 26.1 Å². The largest absolute Gasteiger partial charge is 0.460 e. The van der Waals surface area contributed by atoms with Crippen LogP contribution >= 0.6 is 0 Å². The second-order valence-electron chi connectivity index (χ2n) is 13.7. The van der Waals surface area contributed by atoms with Gasteiger partial charge in [-0.1, -0.05) is 25.7 Å². The summed E-state index contributed by atoms with van der Waals surface area (Å²) in [6, 6.07) is 3.98. The van der Waals surface area contributed by atoms with Gasteiger partial charge in [-0.2, -0.15) is 0 Å². The quantitative estimate of drug-likeness (QED) is 0.380. The van der Waals surface area contributed by atoms with Crippen LogP contribution in [0.5, 0.6) is 11.5 Å². The van der Waals surface area contributed by atoms with Crippen LogP contribution < -0.4 is 14.7 Å². The number of carbonyl (C=O) groups is 2. The summed E-state index contributed by atoms with van der Waals surface area (Å²) in [4.78, 5) is 27.1. The Balaban J connectivity index is 1.84. The first-order valence-corrected chi connectivity index (χ1v) is 17.1. The Kier molecular flexibility index (Phi) is 7.71. The topological polar surface area (TPSA) is 89.5 Å². The van der Waals surface area contributed by atoms with Gasteiger partial charge in [0.2, 0.25) is 6.79 Å². The molecule has 2 heterocycles. The van der Waals surface area contributed by atoms with E-state index in [-0.39, 0.29) is 31.1 Å². The van der Waals surface area contributed by atoms with Crippen molar-refractivity contribution in [2.75, 3.05) is 20.0 Å². The standard InChI is InChI=1S/C29H44O8Si/c1-27(2,3)36-22(30)14-18-15-29(34-12-13-35-29)16-20(23(18)26(31)37-28(4,5)6)19-10-11-21-24(33-17-32-21)25(19)38(7,8)9/h10-11,18,20,23H,12-17H2,1-9H3/t18-,20-,23+/m0/s1. The van der Waals surface area contributed by atoms with E-state index in [1.165, 1.54) is 0 Å². The van der Waals surface area contributed by atoms with E-state index < -0.39 is 36.9 Å². The van der Waals surface area contributed by atoms with Gasteiger partial charge in [0, 0.05) is 25.2 Å². The molecular weight excluding hydrogens is 504 g/mol. The number of esters is 2. The lowest BCUT2D eigenvalue weighted by molar-refractivity contribution is -0.209. The second kappa shape index (κ2) is 10.1. The van der Waals surface area contributed by atoms with Crippen molar-refractivity contribution in [1.29, 1.82) is 0 Å². The van der Waals surface area contributed by atoms with Crippen LogP contribution in [0.1, 0.15) is 72.3 Å². The average Bonchev–Trinajstić information content (AvgIpc) is 3.38. The zero-order chi connectivity index (χ0) is 28.1. The Labute approximate surface area is 227 Å². The van der Waals surface area contributed by atoms with Crippen molar-refractivity contribution >= 4 is 25.2 Å². The molecule has 8 nitrogen and oxygen atoms in total. The molecule has 38 heavy (non-hydrogen) atoms. The minimum absolute atomic E-state index is 0.0684. The molecule has 0 aromatic heterocycles. The molecule has 3 aliphatic rings. The Morgan fingerprint density at radius 1 is 0.947 bits per heavy atom. The maximum atomic E-state index is 14.0. The summed E-state index contributed by atoms with van der Waals surface area (Å²) < 4.78 is 35.8. The first kappa shape index (κ1) is 28.9. The zero-order valence-corrected chi connectivity index (χ0v) is 25.4. The summed E-state index contributed by atoms with van der Waals surface area (Å²) in [7, 11) is -2.00. The molecule has 3 atom stereocenters. The number of ether oxygens (including phenoxy) is 6. The van der Waals surface area contributed by atoms with Gasteiger partial charge < -0.3 is 28.4 Å². The highest BCUT2D eigenvalue weighted by molar-refractivity contribution is 6.89. The maximum Gasteiger partial charge on any atom is 0.310 e. The van der Waals surface area contributed by atoms with Crippen molar-refractivity contribution < 1.29 is 38.0 Å². The molecule has 1 aliphatic carbocycles. The lowest BCUT2D eigenvalue weighted by atomic mass is 9.65. The number of fused-ring (bicyclic) bond motifs is 1. The average molecular weight is 549 g/mol. The van der Waals surface area contributed by atoms with Gasteiger partial charge in [-0.15, -0.1) is 0 Å². The lowest BCUT2D eigenvalue weighted by Gasteiger charge is -2.46. The third-order valence-corrected chi connectivity index (χ3v) is 9.12. The predicted octanol–water partition coefficient (Wildman–Crippen LogP) is 4.89. The van der Waals surface area contributed by atoms with E-state index in [9.17, 15) is 9.59 Å². The van der Waals surface area contributed by atoms with E-state index in [1.807, 2.05) is 47.6 Å². The van der Waals surface area contributed by atoms with Crippen LogP contribution in [0, 0.1) is 11.8 Å². The Morgan fingerprint density at radius 3 is 2.16 bits per heavy atom. The number of hydrogen-bond donors (Lipinski definition) is 0. The van der Waals surface area contributed by atoms with E-state index >= 15 is 0 Å². The number of hydrogen-bond acceptors (Lipinski definition) is 8. The highest BCUT2D eigenvalue weighted by Crippen LogP contribution is 2.52. The molecule has 0 unspecified atom stereocenters. The van der Waals surface area contributed by atoms with Crippen LogP contribution in [-0.4, -0.2) is 57.0 Å². The number of carbonyl (C=O) groups excluding carboxylic acids is 2. The van der Waals surface area contributed by atoms with Crippen molar-refractivity contribution in [3.63, 3.8) is 0 Å². The van der Waals surface area contributed by atoms with Crippen molar-refractivity contribution in [2.45, 2.75) is 103 Å². The monoisotopic (exact) mass is 548 g/mol. The smallest absolute Gasteiger partial charge is 0.310 e. The number of rotatable bonds is 5. The summed E-state index contributed by atoms with van der Waals surface area (Å²) in [5, 5.41) is 1.12. The SMILES string of the molecule is CC(C)(C)OC(=O)C[C@H]1CC2(C[C@@H](c3ccc4c(c3[Si](C)(C)C)OCO4)[C@@H]1C(=O)OC(C)(C)C)OCCO2. The van der Waals surface area contributed by atoms with Gasteiger partial charge in [0.1, 0.15) is 11.2 Å². The van der Waals surface area contributed by atoms with Crippen molar-refractivity contribution in [3.8, 4) is 11.5 Å². The molecule has 0 radical (unpaired) electrons. The van der Waals surface area contributed by atoms with Crippen LogP contribution in [-0.2, 0) is 28.5 Å². The van der Waals surface area contributed by atoms with Crippen molar-refractivity contribution in [1.82, 2.24) is 0 Å². The van der Waals surface area contributed by atoms with Gasteiger partial charge in [0.15, 0.2) is 17.3 Å². The van der Waals surface area contributed by atoms with Gasteiger partial charge in [0.25, 0.3) is 0 Å². The summed E-state index contributed by atoms with van der Waals surface area (Å²) in [5.74, 6) is -1.33. The molecule has 4 rings (SSSR count). The molecule has 1 saturated carbocycles. The van der Waals surface area contributed by atoms with Gasteiger partial charge >= 0.3 is 11.9 Å². The molecule has 1 saturated heterocycles. The fraction of sp³-hybridized carbons (Fsp3) is 0.724. The molecular formula is C29H44O8Si. The van der Waals surface area contributed by atoms with E-state index in [0.717, 1.165) is 22.2 Å². The lowest BCUT2D eigenvalue weighted by Crippen LogP contribution is -2.51. The van der Waals surface area contributed by atoms with E-state index in [4.69, 9.17) is 28.4 Å². The fourth-order valence-electron chi connectivity index (χ4n) is 6.03. The Hall–Kier alpha value is -2.10. The van der Waals surface area contributed by atoms with E-state index in [1.54, 1.807) is 0 Å². The second-order valence-corrected chi connectivity index (χ2v) is 18.7. The molecule has 2 fully saturated rings. The third-order valence-electron chi connectivity index (χ3n) is 7.11. The first-order valence-electron chi connectivity index (χ1n) is 13.6. The Morgan fingerprint density at radius 2 is 1.58 bits per heavy atom. The summed E-state index contributed by atoms with van der Waals surface area (Å²) in [5.41, 5.74) is -0.284. The molecule has 1 aromatic carbocycles. The molecule has 212 valence electrons. The van der Waals surface area contributed by atoms with Crippen LogP contribution in [0.3, 0.4) is 0 Å². The number of benzene rings is 1. The minimum atomic E-state index is -2.00. The zero-order valence-electron chi connectivity index (χ0n) is 24.4. The summed E-state index contributed by atoms with van der Waals surface area (Å²) >= 11 is 0. The van der Waals surface area contributed by atoms with Crippen molar-refractivity contribution in [2.24, 2.45) is 11.8 Å². The maximum absolute atomic E-state index is 14.0. The van der Waals surface area contributed by atoms with Crippen LogP contribution in [0.15, 0.2) is 12.1 Å². The molecule has 1 aromatic rings. The molecule has 2 aliphatic heterocycles. The van der Waals surface area contributed by atoms with Crippen molar-refractivity contribution in [3.05, 3.63) is 17.7 Å². The van der Waals surface area contributed by atoms with Gasteiger partial charge in [-0.25, -0.2) is 0 Å². The normalized spacial score (nSPS) is 24.9. The highest BCUT2D eigenvalue weighted by atomic mass is 28.3. The first-order chi connectivity index (χ1) is 17.5. The molecule has 9 heteroatoms. The van der Waals surface area contributed by atoms with Crippen LogP contribution in [0.4, 0.5) is 0 Å². The van der Waals surface area contributed by atoms with Gasteiger partial charge in [0.05, 0.1) is 27.2 Å². The third kappa shape index (κ3) is 6.37. The summed E-state index contributed by atoms with van der Waals surface area (Å²) in [6.45, 7) is 19.0. The fourth-order valence-corrected chi connectivity index (χ4v) is 8.04. The van der Waals surface area contributed by atoms with Gasteiger partial charge in [-0.05, 0) is 64.3 Å².